The van der Waals surface area contributed by atoms with E-state index in [-0.39, 0.29) is 12.2 Å². The van der Waals surface area contributed by atoms with Crippen LogP contribution >= 0.6 is 0 Å². The van der Waals surface area contributed by atoms with Crippen LogP contribution in [0.15, 0.2) is 42.5 Å². The van der Waals surface area contributed by atoms with Crippen LogP contribution < -0.4 is 14.9 Å². The zero-order chi connectivity index (χ0) is 23.7. The van der Waals surface area contributed by atoms with Crippen molar-refractivity contribution in [2.24, 2.45) is 0 Å². The number of morpholine rings is 1. The normalized spacial score (nSPS) is 22.0. The highest BCUT2D eigenvalue weighted by molar-refractivity contribution is 7.94. The average Bonchev–Trinajstić information content (AvgIpc) is 2.70. The number of nitrogens with zero attached hydrogens (tertiary/aromatic N) is 1. The van der Waals surface area contributed by atoms with E-state index >= 15 is 0 Å². The molecule has 32 heavy (non-hydrogen) atoms. The molecule has 2 aromatic rings. The van der Waals surface area contributed by atoms with Crippen molar-refractivity contribution < 1.29 is 13.2 Å². The Balaban J connectivity index is 1.64. The minimum Gasteiger partial charge on any atom is -0.381 e. The molecule has 0 aliphatic carbocycles. The second-order valence-corrected chi connectivity index (χ2v) is 12.2. The molecular weight excluding hydrogens is 422 g/mol. The fraction of sp³-hybridized carbons (Fsp3) is 0.520. The van der Waals surface area contributed by atoms with Crippen LogP contribution in [0.2, 0.25) is 0 Å². The van der Waals surface area contributed by atoms with Crippen LogP contribution in [-0.2, 0) is 21.3 Å². The Hall–Kier alpha value is -2.25. The minimum absolute atomic E-state index is 0.202. The summed E-state index contributed by atoms with van der Waals surface area (Å²) in [5.74, 6) is 0. The van der Waals surface area contributed by atoms with Gasteiger partial charge in [-0.3, -0.25) is 4.72 Å². The number of ether oxygens (including phenoxy) is 1. The number of benzene rings is 2. The van der Waals surface area contributed by atoms with Crippen molar-refractivity contribution in [2.45, 2.75) is 78.0 Å². The minimum atomic E-state index is -3.43. The molecule has 6 nitrogen and oxygen atoms in total. The van der Waals surface area contributed by atoms with Crippen LogP contribution in [0.1, 0.15) is 52.7 Å². The lowest BCUT2D eigenvalue weighted by molar-refractivity contribution is -0.0257. The fourth-order valence-corrected chi connectivity index (χ4v) is 4.53. The molecule has 0 spiro atoms. The van der Waals surface area contributed by atoms with Gasteiger partial charge in [0, 0.05) is 30.2 Å². The third-order valence-electron chi connectivity index (χ3n) is 6.11. The average molecular weight is 460 g/mol. The number of sulfonamides is 1. The summed E-state index contributed by atoms with van der Waals surface area (Å²) in [5, 5.41) is 3.50. The van der Waals surface area contributed by atoms with Gasteiger partial charge in [0.1, 0.15) is 0 Å². The van der Waals surface area contributed by atoms with Crippen LogP contribution in [0.5, 0.6) is 0 Å². The monoisotopic (exact) mass is 459 g/mol. The lowest BCUT2D eigenvalue weighted by atomic mass is 10.1. The molecule has 0 aromatic heterocycles. The first kappa shape index (κ1) is 24.4. The summed E-state index contributed by atoms with van der Waals surface area (Å²) in [6.07, 6.45) is 0.419. The van der Waals surface area contributed by atoms with Crippen LogP contribution in [0.25, 0.3) is 0 Å². The van der Waals surface area contributed by atoms with Gasteiger partial charge in [-0.15, -0.1) is 0 Å². The first-order valence-corrected chi connectivity index (χ1v) is 12.7. The smallest absolute Gasteiger partial charge is 0.237 e. The number of hydrogen-bond donors (Lipinski definition) is 2. The second kappa shape index (κ2) is 9.32. The maximum atomic E-state index is 12.3. The van der Waals surface area contributed by atoms with Gasteiger partial charge < -0.3 is 15.0 Å². The van der Waals surface area contributed by atoms with Crippen molar-refractivity contribution in [1.82, 2.24) is 0 Å². The van der Waals surface area contributed by atoms with Crippen molar-refractivity contribution in [3.8, 4) is 0 Å². The van der Waals surface area contributed by atoms with Crippen LogP contribution in [-0.4, -0.2) is 38.0 Å². The standard InChI is InChI=1S/C25H37N3O3S/c1-17-14-23(28-16-18(2)31-20(4)19(28)3)12-13-24(17)26-15-21-8-10-22(11-9-21)27-32(29,30)25(5,6)7/h8-14,18-20,26-27H,15-16H2,1-7H3/t18-,19?,20+/m0/s1. The number of rotatable bonds is 6. The molecule has 0 radical (unpaired) electrons. The molecule has 2 N–H and O–H groups in total. The molecule has 1 heterocycles. The van der Waals surface area contributed by atoms with E-state index in [4.69, 9.17) is 4.74 Å². The van der Waals surface area contributed by atoms with Gasteiger partial charge in [0.2, 0.25) is 10.0 Å². The summed E-state index contributed by atoms with van der Waals surface area (Å²) in [6, 6.07) is 14.4. The predicted octanol–water partition coefficient (Wildman–Crippen LogP) is 5.15. The maximum Gasteiger partial charge on any atom is 0.237 e. The Morgan fingerprint density at radius 2 is 1.72 bits per heavy atom. The van der Waals surface area contributed by atoms with Crippen LogP contribution in [0.4, 0.5) is 17.1 Å². The van der Waals surface area contributed by atoms with E-state index in [1.165, 1.54) is 11.3 Å². The van der Waals surface area contributed by atoms with E-state index in [0.29, 0.717) is 18.3 Å². The summed E-state index contributed by atoms with van der Waals surface area (Å²) in [4.78, 5) is 2.42. The Kier molecular flexibility index (Phi) is 7.10. The highest BCUT2D eigenvalue weighted by Gasteiger charge is 2.30. The van der Waals surface area contributed by atoms with Gasteiger partial charge in [0.05, 0.1) is 23.0 Å². The first-order valence-electron chi connectivity index (χ1n) is 11.3. The van der Waals surface area contributed by atoms with Gasteiger partial charge in [-0.1, -0.05) is 12.1 Å². The second-order valence-electron chi connectivity index (χ2n) is 9.81. The van der Waals surface area contributed by atoms with E-state index in [2.05, 4.69) is 60.8 Å². The SMILES string of the molecule is Cc1cc(N2C[C@H](C)O[C@H](C)C2C)ccc1NCc1ccc(NS(=O)(=O)C(C)(C)C)cc1. The summed E-state index contributed by atoms with van der Waals surface area (Å²) in [7, 11) is -3.43. The Morgan fingerprint density at radius 3 is 2.31 bits per heavy atom. The number of aryl methyl sites for hydroxylation is 1. The maximum absolute atomic E-state index is 12.3. The zero-order valence-electron chi connectivity index (χ0n) is 20.3. The molecule has 1 fully saturated rings. The molecule has 1 aliphatic rings. The molecular formula is C25H37N3O3S. The van der Waals surface area contributed by atoms with E-state index < -0.39 is 14.8 Å². The quantitative estimate of drug-likeness (QED) is 0.625. The molecule has 0 amide bonds. The summed E-state index contributed by atoms with van der Waals surface area (Å²) < 4.78 is 32.4. The summed E-state index contributed by atoms with van der Waals surface area (Å²) in [6.45, 7) is 15.2. The van der Waals surface area contributed by atoms with E-state index in [1.54, 1.807) is 32.9 Å². The van der Waals surface area contributed by atoms with Gasteiger partial charge >= 0.3 is 0 Å². The topological polar surface area (TPSA) is 70.7 Å². The lowest BCUT2D eigenvalue weighted by Gasteiger charge is -2.42. The van der Waals surface area contributed by atoms with Crippen molar-refractivity contribution >= 4 is 27.1 Å². The Bertz CT molecular complexity index is 1030. The molecule has 7 heteroatoms. The van der Waals surface area contributed by atoms with E-state index in [1.807, 2.05) is 12.1 Å². The van der Waals surface area contributed by atoms with Crippen LogP contribution in [0, 0.1) is 6.92 Å². The van der Waals surface area contributed by atoms with E-state index in [0.717, 1.165) is 17.8 Å². The number of hydrogen-bond acceptors (Lipinski definition) is 5. The third kappa shape index (κ3) is 5.56. The number of anilines is 3. The van der Waals surface area contributed by atoms with Gasteiger partial charge in [0.15, 0.2) is 0 Å². The van der Waals surface area contributed by atoms with E-state index in [9.17, 15) is 8.42 Å². The number of nitrogens with one attached hydrogen (secondary N) is 2. The molecule has 0 saturated carbocycles. The Labute approximate surface area is 193 Å². The van der Waals surface area contributed by atoms with Gasteiger partial charge in [-0.2, -0.15) is 0 Å². The largest absolute Gasteiger partial charge is 0.381 e. The molecule has 1 aliphatic heterocycles. The van der Waals surface area contributed by atoms with Crippen molar-refractivity contribution in [2.75, 3.05) is 21.5 Å². The van der Waals surface area contributed by atoms with Gasteiger partial charge in [0.25, 0.3) is 0 Å². The molecule has 2 aromatic carbocycles. The summed E-state index contributed by atoms with van der Waals surface area (Å²) >= 11 is 0. The predicted molar refractivity (Wildman–Crippen MR) is 134 cm³/mol. The highest BCUT2D eigenvalue weighted by atomic mass is 32.2. The molecule has 176 valence electrons. The Morgan fingerprint density at radius 1 is 1.06 bits per heavy atom. The lowest BCUT2D eigenvalue weighted by Crippen LogP contribution is -2.52. The summed E-state index contributed by atoms with van der Waals surface area (Å²) in [5.41, 5.74) is 5.16. The first-order chi connectivity index (χ1) is 14.9. The van der Waals surface area contributed by atoms with Crippen molar-refractivity contribution in [1.29, 1.82) is 0 Å². The van der Waals surface area contributed by atoms with Gasteiger partial charge in [-0.05, 0) is 89.9 Å². The molecule has 1 unspecified atom stereocenters. The van der Waals surface area contributed by atoms with Crippen LogP contribution in [0.3, 0.4) is 0 Å². The highest BCUT2D eigenvalue weighted by Crippen LogP contribution is 2.29. The third-order valence-corrected chi connectivity index (χ3v) is 8.23. The molecule has 0 bridgehead atoms. The zero-order valence-corrected chi connectivity index (χ0v) is 21.1. The molecule has 3 atom stereocenters. The molecule has 3 rings (SSSR count). The van der Waals surface area contributed by atoms with Gasteiger partial charge in [-0.25, -0.2) is 8.42 Å². The van der Waals surface area contributed by atoms with Crippen molar-refractivity contribution in [3.05, 3.63) is 53.6 Å². The molecule has 1 saturated heterocycles. The fourth-order valence-electron chi connectivity index (χ4n) is 3.78. The van der Waals surface area contributed by atoms with Crippen molar-refractivity contribution in [3.63, 3.8) is 0 Å².